The first kappa shape index (κ1) is 21.3. The van der Waals surface area contributed by atoms with E-state index in [0.29, 0.717) is 6.61 Å². The highest BCUT2D eigenvalue weighted by atomic mass is 16.5. The van der Waals surface area contributed by atoms with E-state index in [1.807, 2.05) is 42.5 Å². The first-order valence-electron chi connectivity index (χ1n) is 10.5. The molecule has 0 aliphatic rings. The van der Waals surface area contributed by atoms with Gasteiger partial charge in [-0.3, -0.25) is 0 Å². The second-order valence-corrected chi connectivity index (χ2v) is 7.24. The minimum Gasteiger partial charge on any atom is -0.463 e. The summed E-state index contributed by atoms with van der Waals surface area (Å²) in [6.07, 6.45) is 5.29. The van der Waals surface area contributed by atoms with Crippen molar-refractivity contribution in [2.24, 2.45) is 0 Å². The zero-order chi connectivity index (χ0) is 21.2. The first-order valence-corrected chi connectivity index (χ1v) is 10.5. The molecule has 0 fully saturated rings. The van der Waals surface area contributed by atoms with Crippen LogP contribution in [-0.4, -0.2) is 12.6 Å². The molecule has 152 valence electrons. The molecule has 0 saturated heterocycles. The van der Waals surface area contributed by atoms with Crippen LogP contribution in [0.3, 0.4) is 0 Å². The van der Waals surface area contributed by atoms with Crippen LogP contribution in [0.2, 0.25) is 0 Å². The van der Waals surface area contributed by atoms with Crippen molar-refractivity contribution in [3.8, 4) is 0 Å². The van der Waals surface area contributed by atoms with Crippen molar-refractivity contribution < 1.29 is 9.53 Å². The topological polar surface area (TPSA) is 26.3 Å². The minimum atomic E-state index is -0.312. The molecule has 0 aliphatic carbocycles. The van der Waals surface area contributed by atoms with E-state index in [4.69, 9.17) is 4.74 Å². The fraction of sp³-hybridized carbons (Fsp3) is 0.179. The Morgan fingerprint density at radius 3 is 1.93 bits per heavy atom. The smallest absolute Gasteiger partial charge is 0.330 e. The Hall–Kier alpha value is -3.39. The standard InChI is InChI=1S/C28H28O2/c1-3-4-21-30-27(29)20-19-26(23-11-7-5-8-12-23)28(24-13-9-6-10-14-24)25-17-15-22(2)16-18-25/h5-20H,3-4,21H2,1-2H3/b20-19+,28-26+. The third-order valence-corrected chi connectivity index (χ3v) is 4.89. The fourth-order valence-corrected chi connectivity index (χ4v) is 3.26. The largest absolute Gasteiger partial charge is 0.463 e. The van der Waals surface area contributed by atoms with Crippen molar-refractivity contribution in [3.05, 3.63) is 119 Å². The Bertz CT molecular complexity index is 998. The van der Waals surface area contributed by atoms with Gasteiger partial charge < -0.3 is 4.74 Å². The number of allylic oxidation sites excluding steroid dienone is 2. The van der Waals surface area contributed by atoms with Gasteiger partial charge in [0.1, 0.15) is 0 Å². The molecule has 0 unspecified atom stereocenters. The molecule has 0 heterocycles. The van der Waals surface area contributed by atoms with Crippen LogP contribution < -0.4 is 0 Å². The Labute approximate surface area is 179 Å². The zero-order valence-corrected chi connectivity index (χ0v) is 17.7. The van der Waals surface area contributed by atoms with E-state index in [-0.39, 0.29) is 5.97 Å². The zero-order valence-electron chi connectivity index (χ0n) is 17.7. The molecule has 0 spiro atoms. The lowest BCUT2D eigenvalue weighted by Crippen LogP contribution is -2.02. The van der Waals surface area contributed by atoms with Gasteiger partial charge in [-0.15, -0.1) is 0 Å². The lowest BCUT2D eigenvalue weighted by molar-refractivity contribution is -0.137. The minimum absolute atomic E-state index is 0.312. The number of hydrogen-bond donors (Lipinski definition) is 0. The normalized spacial score (nSPS) is 11.9. The lowest BCUT2D eigenvalue weighted by Gasteiger charge is -2.15. The second-order valence-electron chi connectivity index (χ2n) is 7.24. The first-order chi connectivity index (χ1) is 14.7. The third-order valence-electron chi connectivity index (χ3n) is 4.89. The molecular formula is C28H28O2. The van der Waals surface area contributed by atoms with E-state index in [1.54, 1.807) is 0 Å². The molecule has 0 atom stereocenters. The number of esters is 1. The van der Waals surface area contributed by atoms with Crippen molar-refractivity contribution in [2.45, 2.75) is 26.7 Å². The van der Waals surface area contributed by atoms with E-state index in [2.05, 4.69) is 62.4 Å². The Morgan fingerprint density at radius 2 is 1.33 bits per heavy atom. The molecule has 3 rings (SSSR count). The van der Waals surface area contributed by atoms with Gasteiger partial charge in [0.25, 0.3) is 0 Å². The molecular weight excluding hydrogens is 368 g/mol. The number of unbranched alkanes of at least 4 members (excludes halogenated alkanes) is 1. The molecule has 0 N–H and O–H groups in total. The maximum Gasteiger partial charge on any atom is 0.330 e. The van der Waals surface area contributed by atoms with Gasteiger partial charge in [0.2, 0.25) is 0 Å². The highest BCUT2D eigenvalue weighted by molar-refractivity contribution is 6.03. The summed E-state index contributed by atoms with van der Waals surface area (Å²) in [7, 11) is 0. The molecule has 3 aromatic carbocycles. The van der Waals surface area contributed by atoms with Gasteiger partial charge in [-0.1, -0.05) is 104 Å². The SMILES string of the molecule is CCCCOC(=O)/C=C/C(=C(/c1ccccc1)c1ccc(C)cc1)c1ccccc1. The molecule has 0 bridgehead atoms. The van der Waals surface area contributed by atoms with Gasteiger partial charge in [0, 0.05) is 6.08 Å². The number of rotatable bonds is 8. The Balaban J connectivity index is 2.14. The van der Waals surface area contributed by atoms with Crippen molar-refractivity contribution in [3.63, 3.8) is 0 Å². The second kappa shape index (κ2) is 11.0. The van der Waals surface area contributed by atoms with Crippen molar-refractivity contribution in [1.29, 1.82) is 0 Å². The lowest BCUT2D eigenvalue weighted by atomic mass is 9.89. The highest BCUT2D eigenvalue weighted by Crippen LogP contribution is 2.33. The fourth-order valence-electron chi connectivity index (χ4n) is 3.26. The van der Waals surface area contributed by atoms with Crippen molar-refractivity contribution in [1.82, 2.24) is 0 Å². The number of aryl methyl sites for hydroxylation is 1. The van der Waals surface area contributed by atoms with E-state index in [9.17, 15) is 4.79 Å². The number of hydrogen-bond acceptors (Lipinski definition) is 2. The maximum absolute atomic E-state index is 12.3. The van der Waals surface area contributed by atoms with Crippen LogP contribution in [-0.2, 0) is 9.53 Å². The average Bonchev–Trinajstić information content (AvgIpc) is 2.79. The van der Waals surface area contributed by atoms with Crippen LogP contribution in [0.15, 0.2) is 97.1 Å². The van der Waals surface area contributed by atoms with Gasteiger partial charge in [-0.2, -0.15) is 0 Å². The van der Waals surface area contributed by atoms with Gasteiger partial charge in [-0.05, 0) is 47.3 Å². The summed E-state index contributed by atoms with van der Waals surface area (Å²) < 4.78 is 5.33. The molecule has 0 amide bonds. The molecule has 2 nitrogen and oxygen atoms in total. The van der Waals surface area contributed by atoms with E-state index in [1.165, 1.54) is 11.6 Å². The Kier molecular flexibility index (Phi) is 7.79. The van der Waals surface area contributed by atoms with Crippen molar-refractivity contribution in [2.75, 3.05) is 6.61 Å². The van der Waals surface area contributed by atoms with Crippen LogP contribution in [0.1, 0.15) is 42.0 Å². The van der Waals surface area contributed by atoms with Crippen LogP contribution >= 0.6 is 0 Å². The van der Waals surface area contributed by atoms with Crippen molar-refractivity contribution >= 4 is 17.1 Å². The molecule has 2 heteroatoms. The van der Waals surface area contributed by atoms with Gasteiger partial charge >= 0.3 is 5.97 Å². The third kappa shape index (κ3) is 5.81. The quantitative estimate of drug-likeness (QED) is 0.137. The van der Waals surface area contributed by atoms with Crippen LogP contribution in [0.5, 0.6) is 0 Å². The predicted octanol–water partition coefficient (Wildman–Crippen LogP) is 6.85. The van der Waals surface area contributed by atoms with Crippen LogP contribution in [0.25, 0.3) is 11.1 Å². The van der Waals surface area contributed by atoms with Crippen LogP contribution in [0.4, 0.5) is 0 Å². The summed E-state index contributed by atoms with van der Waals surface area (Å²) in [6, 6.07) is 29.0. The monoisotopic (exact) mass is 396 g/mol. The van der Waals surface area contributed by atoms with E-state index in [0.717, 1.165) is 40.7 Å². The summed E-state index contributed by atoms with van der Waals surface area (Å²) in [6.45, 7) is 4.61. The Morgan fingerprint density at radius 1 is 0.767 bits per heavy atom. The summed E-state index contributed by atoms with van der Waals surface area (Å²) in [4.78, 5) is 12.3. The number of carbonyl (C=O) groups excluding carboxylic acids is 1. The molecule has 0 radical (unpaired) electrons. The van der Waals surface area contributed by atoms with Gasteiger partial charge in [0.15, 0.2) is 0 Å². The maximum atomic E-state index is 12.3. The van der Waals surface area contributed by atoms with Gasteiger partial charge in [0.05, 0.1) is 6.61 Å². The number of ether oxygens (including phenoxy) is 1. The van der Waals surface area contributed by atoms with E-state index < -0.39 is 0 Å². The summed E-state index contributed by atoms with van der Waals surface area (Å²) in [5.74, 6) is -0.312. The number of benzene rings is 3. The molecule has 0 aliphatic heterocycles. The van der Waals surface area contributed by atoms with E-state index >= 15 is 0 Å². The van der Waals surface area contributed by atoms with Crippen LogP contribution in [0, 0.1) is 6.92 Å². The molecule has 3 aromatic rings. The summed E-state index contributed by atoms with van der Waals surface area (Å²) in [5, 5.41) is 0. The van der Waals surface area contributed by atoms with Gasteiger partial charge in [-0.25, -0.2) is 4.79 Å². The predicted molar refractivity (Wildman–Crippen MR) is 125 cm³/mol. The number of carbonyl (C=O) groups is 1. The summed E-state index contributed by atoms with van der Waals surface area (Å²) >= 11 is 0. The molecule has 0 saturated carbocycles. The molecule has 30 heavy (non-hydrogen) atoms. The highest BCUT2D eigenvalue weighted by Gasteiger charge is 2.13. The average molecular weight is 397 g/mol. The summed E-state index contributed by atoms with van der Waals surface area (Å²) in [5.41, 5.74) is 6.54. The molecule has 0 aromatic heterocycles.